The zero-order valence-corrected chi connectivity index (χ0v) is 21.9. The number of hydrogen-bond acceptors (Lipinski definition) is 7. The van der Waals surface area contributed by atoms with Crippen molar-refractivity contribution in [2.75, 3.05) is 6.61 Å². The maximum atomic E-state index is 14.0. The number of hydrogen-bond donors (Lipinski definition) is 0. The Morgan fingerprint density at radius 2 is 1.35 bits per heavy atom. The van der Waals surface area contributed by atoms with Crippen LogP contribution in [0, 0.1) is 27.9 Å². The monoisotopic (exact) mass is 538 g/mol. The van der Waals surface area contributed by atoms with Crippen molar-refractivity contribution >= 4 is 29.3 Å². The molecule has 1 saturated heterocycles. The third-order valence-electron chi connectivity index (χ3n) is 8.36. The number of carbonyl (C=O) groups excluding carboxylic acids is 4. The molecule has 0 radical (unpaired) electrons. The molecule has 0 unspecified atom stereocenters. The molecule has 1 heterocycles. The van der Waals surface area contributed by atoms with Gasteiger partial charge in [0.15, 0.2) is 6.61 Å². The Bertz CT molecular complexity index is 1480. The van der Waals surface area contributed by atoms with Crippen LogP contribution in [0.5, 0.6) is 0 Å². The van der Waals surface area contributed by atoms with Gasteiger partial charge in [0.25, 0.3) is 5.69 Å². The lowest BCUT2D eigenvalue weighted by molar-refractivity contribution is -0.384. The van der Waals surface area contributed by atoms with Crippen LogP contribution >= 0.6 is 0 Å². The summed E-state index contributed by atoms with van der Waals surface area (Å²) in [5.74, 6) is -4.66. The van der Waals surface area contributed by atoms with E-state index < -0.39 is 58.9 Å². The van der Waals surface area contributed by atoms with E-state index in [0.29, 0.717) is 0 Å². The van der Waals surface area contributed by atoms with Crippen molar-refractivity contribution in [3.8, 4) is 0 Å². The smallest absolute Gasteiger partial charge is 0.330 e. The van der Waals surface area contributed by atoms with Gasteiger partial charge in [-0.1, -0.05) is 74.5 Å². The molecular formula is C31H26N2O7. The minimum absolute atomic E-state index is 0.0227. The van der Waals surface area contributed by atoms with Crippen molar-refractivity contribution in [2.45, 2.75) is 31.7 Å². The normalized spacial score (nSPS) is 22.9. The molecule has 0 aromatic heterocycles. The summed E-state index contributed by atoms with van der Waals surface area (Å²) in [5, 5.41) is 11.1. The Hall–Kier alpha value is -4.66. The number of non-ortho nitro benzene ring substituents is 1. The fourth-order valence-corrected chi connectivity index (χ4v) is 6.75. The van der Waals surface area contributed by atoms with E-state index in [1.165, 1.54) is 18.2 Å². The highest BCUT2D eigenvalue weighted by molar-refractivity contribution is 6.10. The fraction of sp³-hybridized carbons (Fsp3) is 0.290. The topological polar surface area (TPSA) is 124 Å². The Labute approximate surface area is 229 Å². The second-order valence-electron chi connectivity index (χ2n) is 10.8. The van der Waals surface area contributed by atoms with E-state index in [1.54, 1.807) is 13.8 Å². The van der Waals surface area contributed by atoms with Gasteiger partial charge in [0.1, 0.15) is 6.04 Å². The Morgan fingerprint density at radius 1 is 0.850 bits per heavy atom. The maximum Gasteiger partial charge on any atom is 0.330 e. The summed E-state index contributed by atoms with van der Waals surface area (Å²) in [7, 11) is 0. The summed E-state index contributed by atoms with van der Waals surface area (Å²) >= 11 is 0. The molecule has 1 fully saturated rings. The molecule has 2 bridgehead atoms. The standard InChI is InChI=1S/C31H26N2O7/c1-16(2)28(31(37)40-15-23(34)17-8-7-9-18(14-17)33(38)39)32-29(35)26-24-19-10-3-4-11-20(19)25(27(26)30(32)36)22-13-6-5-12-21(22)24/h3-14,16,24-28H,15H2,1-2H3/t24?,25?,26-,27+,28-/m0/s1. The van der Waals surface area contributed by atoms with E-state index in [-0.39, 0.29) is 23.1 Å². The third-order valence-corrected chi connectivity index (χ3v) is 8.36. The van der Waals surface area contributed by atoms with Gasteiger partial charge in [0.05, 0.1) is 16.8 Å². The minimum Gasteiger partial charge on any atom is -0.456 e. The first-order valence-corrected chi connectivity index (χ1v) is 13.2. The predicted molar refractivity (Wildman–Crippen MR) is 142 cm³/mol. The van der Waals surface area contributed by atoms with Crippen molar-refractivity contribution in [3.63, 3.8) is 0 Å². The van der Waals surface area contributed by atoms with Gasteiger partial charge < -0.3 is 4.74 Å². The number of likely N-dealkylation sites (tertiary alicyclic amines) is 1. The van der Waals surface area contributed by atoms with E-state index in [9.17, 15) is 29.3 Å². The lowest BCUT2D eigenvalue weighted by Gasteiger charge is -2.45. The molecule has 3 atom stereocenters. The number of Topliss-reactive ketones (excluding diaryl/α,β-unsaturated/α-hetero) is 1. The zero-order chi connectivity index (χ0) is 28.3. The molecule has 202 valence electrons. The zero-order valence-electron chi connectivity index (χ0n) is 21.9. The fourth-order valence-electron chi connectivity index (χ4n) is 6.75. The third kappa shape index (κ3) is 3.76. The van der Waals surface area contributed by atoms with E-state index >= 15 is 0 Å². The highest BCUT2D eigenvalue weighted by atomic mass is 16.6. The molecule has 2 amide bonds. The van der Waals surface area contributed by atoms with Crippen LogP contribution in [0.2, 0.25) is 0 Å². The van der Waals surface area contributed by atoms with Crippen LogP contribution in [-0.2, 0) is 19.1 Å². The number of esters is 1. The molecule has 1 aliphatic heterocycles. The van der Waals surface area contributed by atoms with Gasteiger partial charge in [-0.05, 0) is 28.2 Å². The maximum absolute atomic E-state index is 14.0. The predicted octanol–water partition coefficient (Wildman–Crippen LogP) is 4.24. The first-order valence-electron chi connectivity index (χ1n) is 13.2. The molecule has 0 saturated carbocycles. The van der Waals surface area contributed by atoms with Crippen LogP contribution in [-0.4, -0.2) is 46.0 Å². The van der Waals surface area contributed by atoms with Crippen molar-refractivity contribution in [3.05, 3.63) is 111 Å². The Morgan fingerprint density at radius 3 is 1.80 bits per heavy atom. The summed E-state index contributed by atoms with van der Waals surface area (Å²) in [4.78, 5) is 65.6. The van der Waals surface area contributed by atoms with Crippen LogP contribution < -0.4 is 0 Å². The second kappa shape index (κ2) is 9.51. The van der Waals surface area contributed by atoms with E-state index in [2.05, 4.69) is 0 Å². The highest BCUT2D eigenvalue weighted by Gasteiger charge is 2.63. The number of imide groups is 1. The van der Waals surface area contributed by atoms with Gasteiger partial charge in [-0.3, -0.25) is 29.4 Å². The molecule has 0 N–H and O–H groups in total. The minimum atomic E-state index is -1.21. The van der Waals surface area contributed by atoms with Gasteiger partial charge in [0.2, 0.25) is 17.6 Å². The lowest BCUT2D eigenvalue weighted by atomic mass is 9.55. The molecule has 7 rings (SSSR count). The molecular weight excluding hydrogens is 512 g/mol. The summed E-state index contributed by atoms with van der Waals surface area (Å²) < 4.78 is 5.33. The van der Waals surface area contributed by atoms with Crippen LogP contribution in [0.1, 0.15) is 58.3 Å². The quantitative estimate of drug-likeness (QED) is 0.145. The molecule has 3 aliphatic carbocycles. The number of nitrogens with zero attached hydrogens (tertiary/aromatic N) is 2. The molecule has 9 heteroatoms. The number of ketones is 1. The van der Waals surface area contributed by atoms with Gasteiger partial charge in [-0.15, -0.1) is 0 Å². The Kier molecular flexibility index (Phi) is 6.09. The average molecular weight is 539 g/mol. The Balaban J connectivity index is 1.29. The first kappa shape index (κ1) is 25.6. The summed E-state index contributed by atoms with van der Waals surface area (Å²) in [6, 6.07) is 19.7. The molecule has 3 aromatic rings. The molecule has 9 nitrogen and oxygen atoms in total. The molecule has 3 aromatic carbocycles. The highest BCUT2D eigenvalue weighted by Crippen LogP contribution is 2.61. The number of ether oxygens (including phenoxy) is 1. The number of carbonyl (C=O) groups is 4. The first-order chi connectivity index (χ1) is 19.2. The van der Waals surface area contributed by atoms with Gasteiger partial charge in [0, 0.05) is 29.5 Å². The SMILES string of the molecule is CC(C)[C@@H](C(=O)OCC(=O)c1cccc([N+](=O)[O-])c1)N1C(=O)[C@@H]2C3c4ccccc4C(c4ccccc43)[C@@H]2C1=O. The van der Waals surface area contributed by atoms with E-state index in [0.717, 1.165) is 33.2 Å². The van der Waals surface area contributed by atoms with Crippen molar-refractivity contribution in [1.82, 2.24) is 4.90 Å². The number of nitro benzene ring substituents is 1. The van der Waals surface area contributed by atoms with Gasteiger partial charge in [-0.25, -0.2) is 4.79 Å². The van der Waals surface area contributed by atoms with Crippen molar-refractivity contribution < 1.29 is 28.8 Å². The number of rotatable bonds is 7. The van der Waals surface area contributed by atoms with Crippen LogP contribution in [0.15, 0.2) is 72.8 Å². The summed E-state index contributed by atoms with van der Waals surface area (Å²) in [6.45, 7) is 2.76. The number of nitro groups is 1. The van der Waals surface area contributed by atoms with Crippen molar-refractivity contribution in [2.24, 2.45) is 17.8 Å². The van der Waals surface area contributed by atoms with Crippen molar-refractivity contribution in [1.29, 1.82) is 0 Å². The number of amides is 2. The van der Waals surface area contributed by atoms with Gasteiger partial charge in [-0.2, -0.15) is 0 Å². The number of benzene rings is 3. The van der Waals surface area contributed by atoms with E-state index in [1.807, 2.05) is 48.5 Å². The van der Waals surface area contributed by atoms with Gasteiger partial charge >= 0.3 is 5.97 Å². The summed E-state index contributed by atoms with van der Waals surface area (Å²) in [5.41, 5.74) is 3.88. The molecule has 40 heavy (non-hydrogen) atoms. The van der Waals surface area contributed by atoms with E-state index in [4.69, 9.17) is 4.74 Å². The molecule has 0 spiro atoms. The second-order valence-corrected chi connectivity index (χ2v) is 10.8. The molecule has 4 aliphatic rings. The van der Waals surface area contributed by atoms with Crippen LogP contribution in [0.4, 0.5) is 5.69 Å². The van der Waals surface area contributed by atoms with Crippen LogP contribution in [0.3, 0.4) is 0 Å². The van der Waals surface area contributed by atoms with Crippen LogP contribution in [0.25, 0.3) is 0 Å². The largest absolute Gasteiger partial charge is 0.456 e. The average Bonchev–Trinajstić information content (AvgIpc) is 3.21. The lowest BCUT2D eigenvalue weighted by Crippen LogP contribution is -2.49. The summed E-state index contributed by atoms with van der Waals surface area (Å²) in [6.07, 6.45) is 0.